The van der Waals surface area contributed by atoms with E-state index in [1.165, 1.54) is 0 Å². The van der Waals surface area contributed by atoms with E-state index in [9.17, 15) is 39.6 Å². The second-order valence-corrected chi connectivity index (χ2v) is 8.06. The maximum atomic E-state index is 10.9. The van der Waals surface area contributed by atoms with Crippen LogP contribution in [-0.4, -0.2) is 113 Å². The summed E-state index contributed by atoms with van der Waals surface area (Å²) < 4.78 is 37.2. The molecule has 2 rings (SSSR count). The Hall–Kier alpha value is 2.13. The molecule has 0 spiro atoms. The third kappa shape index (κ3) is 24.9. The van der Waals surface area contributed by atoms with E-state index in [-0.39, 0.29) is 270 Å². The summed E-state index contributed by atoms with van der Waals surface area (Å²) in [5.74, 6) is -6.65. The fourth-order valence-electron chi connectivity index (χ4n) is 3.01. The molecule has 0 amide bonds. The van der Waals surface area contributed by atoms with Crippen LogP contribution in [-0.2, 0) is 23.7 Å². The first-order valence-electron chi connectivity index (χ1n) is 12.7. The largest absolute Gasteiger partial charge is 1.00 e. The molecule has 0 fully saturated rings. The molecule has 0 aliphatic heterocycles. The van der Waals surface area contributed by atoms with Crippen LogP contribution in [0.1, 0.15) is 42.0 Å². The number of hydrogen-bond acceptors (Lipinski definition) is 17. The van der Waals surface area contributed by atoms with Crippen LogP contribution in [0.2, 0.25) is 0 Å². The molecule has 21 heteroatoms. The second kappa shape index (κ2) is 32.8. The van der Waals surface area contributed by atoms with Gasteiger partial charge in [-0.25, -0.2) is 9.97 Å². The zero-order valence-corrected chi connectivity index (χ0v) is 39.3. The van der Waals surface area contributed by atoms with E-state index < -0.39 is 46.7 Å². The predicted octanol–water partition coefficient (Wildman–Crippen LogP) is -16.5. The summed E-state index contributed by atoms with van der Waals surface area (Å²) in [5.41, 5.74) is -2.36. The number of aromatic nitrogens is 2. The van der Waals surface area contributed by atoms with Crippen LogP contribution in [0.15, 0.2) is 24.3 Å². The number of aromatic carboxylic acids is 4. The Morgan fingerprint density at radius 1 is 0.404 bits per heavy atom. The van der Waals surface area contributed by atoms with E-state index in [4.69, 9.17) is 33.2 Å². The normalized spacial score (nSPS) is 9.87. The summed E-state index contributed by atoms with van der Waals surface area (Å²) in [6.07, 6.45) is 0. The van der Waals surface area contributed by atoms with E-state index in [1.54, 1.807) is 0 Å². The number of carboxylic acids is 4. The minimum Gasteiger partial charge on any atom is -0.543 e. The Bertz CT molecular complexity index is 1070. The van der Waals surface area contributed by atoms with Gasteiger partial charge in [-0.3, -0.25) is 0 Å². The molecular formula is C26H28K4N2O15. The molecular weight excluding hydrogens is 737 g/mol. The minimum absolute atomic E-state index is 0. The van der Waals surface area contributed by atoms with Crippen molar-refractivity contribution in [3.8, 4) is 11.5 Å². The summed E-state index contributed by atoms with van der Waals surface area (Å²) in [6.45, 7) is 2.73. The summed E-state index contributed by atoms with van der Waals surface area (Å²) >= 11 is 0. The number of carbonyl (C=O) groups excluding carboxylic acids is 4. The van der Waals surface area contributed by atoms with E-state index in [1.807, 2.05) is 0 Å². The number of pyridine rings is 2. The average molecular weight is 765 g/mol. The zero-order chi connectivity index (χ0) is 31.5. The summed E-state index contributed by atoms with van der Waals surface area (Å²) in [7, 11) is 0. The SMILES string of the molecule is O=C([O-])c1cc(OCCOCCOCCOCCOCCOCCOc2cc(C(=O)[O-])nc(C(=O)[O-])c2)cc(C(=O)[O-])n1.[K+].[K+].[K+].[K+]. The molecule has 0 N–H and O–H groups in total. The number of ether oxygens (including phenoxy) is 7. The fraction of sp³-hybridized carbons (Fsp3) is 0.462. The topological polar surface area (TPSA) is 251 Å². The van der Waals surface area contributed by atoms with Gasteiger partial charge in [0.2, 0.25) is 0 Å². The van der Waals surface area contributed by atoms with Crippen LogP contribution >= 0.6 is 0 Å². The van der Waals surface area contributed by atoms with E-state index in [2.05, 4.69) is 9.97 Å². The molecule has 0 aliphatic carbocycles. The molecule has 2 aromatic heterocycles. The van der Waals surface area contributed by atoms with Crippen molar-refractivity contribution in [2.24, 2.45) is 0 Å². The monoisotopic (exact) mass is 764 g/mol. The predicted molar refractivity (Wildman–Crippen MR) is 131 cm³/mol. The van der Waals surface area contributed by atoms with Gasteiger partial charge in [0.25, 0.3) is 0 Å². The second-order valence-electron chi connectivity index (χ2n) is 8.06. The van der Waals surface area contributed by atoms with Gasteiger partial charge in [0.15, 0.2) is 0 Å². The smallest absolute Gasteiger partial charge is 0.543 e. The van der Waals surface area contributed by atoms with Crippen molar-refractivity contribution in [3.63, 3.8) is 0 Å². The zero-order valence-electron chi connectivity index (χ0n) is 26.8. The Kier molecular flexibility index (Phi) is 37.3. The van der Waals surface area contributed by atoms with Gasteiger partial charge in [-0.15, -0.1) is 0 Å². The van der Waals surface area contributed by atoms with Crippen LogP contribution in [0, 0.1) is 0 Å². The molecule has 236 valence electrons. The van der Waals surface area contributed by atoms with Gasteiger partial charge in [-0.1, -0.05) is 0 Å². The first-order valence-corrected chi connectivity index (χ1v) is 12.7. The first kappa shape index (κ1) is 53.5. The molecule has 0 radical (unpaired) electrons. The van der Waals surface area contributed by atoms with E-state index in [0.29, 0.717) is 26.4 Å². The number of carbonyl (C=O) groups is 4. The fourth-order valence-corrected chi connectivity index (χ4v) is 3.01. The molecule has 17 nitrogen and oxygen atoms in total. The molecule has 0 atom stereocenters. The molecule has 0 aromatic carbocycles. The Balaban J connectivity index is -0.00000484. The van der Waals surface area contributed by atoms with Crippen LogP contribution in [0.5, 0.6) is 11.5 Å². The van der Waals surface area contributed by atoms with Crippen molar-refractivity contribution in [1.29, 1.82) is 0 Å². The Morgan fingerprint density at radius 2 is 0.596 bits per heavy atom. The van der Waals surface area contributed by atoms with Crippen molar-refractivity contribution < 1.29 is 278 Å². The van der Waals surface area contributed by atoms with Crippen molar-refractivity contribution >= 4 is 23.9 Å². The van der Waals surface area contributed by atoms with Gasteiger partial charge in [-0.05, 0) is 0 Å². The molecule has 0 unspecified atom stereocenters. The summed E-state index contributed by atoms with van der Waals surface area (Å²) in [6, 6.07) is 4.14. The van der Waals surface area contributed by atoms with Gasteiger partial charge in [-0.2, -0.15) is 0 Å². The van der Waals surface area contributed by atoms with Gasteiger partial charge < -0.3 is 72.8 Å². The molecule has 2 aromatic rings. The molecule has 0 saturated carbocycles. The maximum Gasteiger partial charge on any atom is 1.00 e. The maximum absolute atomic E-state index is 10.9. The Labute approximate surface area is 440 Å². The third-order valence-corrected chi connectivity index (χ3v) is 4.92. The van der Waals surface area contributed by atoms with Gasteiger partial charge in [0.05, 0.1) is 113 Å². The van der Waals surface area contributed by atoms with Gasteiger partial charge >= 0.3 is 206 Å². The van der Waals surface area contributed by atoms with Crippen LogP contribution in [0.25, 0.3) is 0 Å². The van der Waals surface area contributed by atoms with Gasteiger partial charge in [0.1, 0.15) is 24.7 Å². The number of nitrogens with zero attached hydrogens (tertiary/aromatic N) is 2. The van der Waals surface area contributed by atoms with Gasteiger partial charge in [0, 0.05) is 24.3 Å². The molecule has 0 saturated heterocycles. The first-order chi connectivity index (χ1) is 20.7. The van der Waals surface area contributed by atoms with Crippen molar-refractivity contribution in [1.82, 2.24) is 9.97 Å². The minimum atomic E-state index is -1.65. The van der Waals surface area contributed by atoms with Crippen molar-refractivity contribution in [3.05, 3.63) is 47.0 Å². The van der Waals surface area contributed by atoms with Crippen molar-refractivity contribution in [2.45, 2.75) is 0 Å². The van der Waals surface area contributed by atoms with Crippen LogP contribution in [0.4, 0.5) is 0 Å². The van der Waals surface area contributed by atoms with Crippen LogP contribution in [0.3, 0.4) is 0 Å². The Morgan fingerprint density at radius 3 is 0.787 bits per heavy atom. The summed E-state index contributed by atoms with van der Waals surface area (Å²) in [5, 5.41) is 43.7. The molecule has 47 heavy (non-hydrogen) atoms. The van der Waals surface area contributed by atoms with E-state index in [0.717, 1.165) is 24.3 Å². The number of carboxylic acid groups (broad SMARTS) is 4. The third-order valence-electron chi connectivity index (χ3n) is 4.92. The molecule has 0 aliphatic rings. The van der Waals surface area contributed by atoms with E-state index >= 15 is 0 Å². The number of rotatable bonds is 24. The molecule has 2 heterocycles. The molecule has 0 bridgehead atoms. The van der Waals surface area contributed by atoms with Crippen LogP contribution < -0.4 is 235 Å². The standard InChI is InChI=1S/C26H32N2O15.4K/c29-23(30)19-13-17(14-20(27-19)24(31)32)42-11-9-40-7-5-38-3-1-37-2-4-39-6-8-41-10-12-43-18-15-21(25(33)34)28-22(16-18)26(35)36;;;;/h13-16H,1-12H2,(H,29,30)(H,31,32)(H,33,34)(H,35,36);;;;/q;4*+1/p-4. The number of hydrogen-bond donors (Lipinski definition) is 0. The quantitative estimate of drug-likeness (QED) is 0.0711. The summed E-state index contributed by atoms with van der Waals surface area (Å²) in [4.78, 5) is 50.4. The average Bonchev–Trinajstić information content (AvgIpc) is 2.97. The van der Waals surface area contributed by atoms with Crippen molar-refractivity contribution in [2.75, 3.05) is 79.3 Å².